The van der Waals surface area contributed by atoms with E-state index in [-0.39, 0.29) is 19.3 Å². The van der Waals surface area contributed by atoms with Gasteiger partial charge in [-0.05, 0) is 19.3 Å². The molecule has 1 aliphatic rings. The lowest BCUT2D eigenvalue weighted by molar-refractivity contribution is -0.174. The summed E-state index contributed by atoms with van der Waals surface area (Å²) in [5, 5.41) is 0. The Bertz CT molecular complexity index is 200. The molecule has 0 saturated heterocycles. The minimum absolute atomic E-state index is 0.0449. The lowest BCUT2D eigenvalue weighted by atomic mass is 10.1. The van der Waals surface area contributed by atoms with Crippen molar-refractivity contribution in [3.63, 3.8) is 0 Å². The highest BCUT2D eigenvalue weighted by atomic mass is 19.4. The van der Waals surface area contributed by atoms with Crippen molar-refractivity contribution in [2.75, 3.05) is 7.11 Å². The summed E-state index contributed by atoms with van der Waals surface area (Å²) in [6, 6.07) is 0. The number of methoxy groups -OCH3 is 1. The van der Waals surface area contributed by atoms with Crippen LogP contribution in [0.1, 0.15) is 19.3 Å². The van der Waals surface area contributed by atoms with Gasteiger partial charge >= 0.3 is 12.1 Å². The van der Waals surface area contributed by atoms with Crippen LogP contribution < -0.4 is 0 Å². The monoisotopic (exact) mass is 196 g/mol. The predicted molar refractivity (Wildman–Crippen MR) is 38.9 cm³/mol. The average Bonchev–Trinajstić information content (AvgIpc) is 2.50. The molecule has 1 aliphatic carbocycles. The van der Waals surface area contributed by atoms with E-state index in [1.54, 1.807) is 0 Å². The Morgan fingerprint density at radius 3 is 2.38 bits per heavy atom. The van der Waals surface area contributed by atoms with Gasteiger partial charge < -0.3 is 4.74 Å². The highest BCUT2D eigenvalue weighted by molar-refractivity contribution is 5.72. The van der Waals surface area contributed by atoms with Gasteiger partial charge in [0.2, 0.25) is 0 Å². The first-order chi connectivity index (χ1) is 5.95. The van der Waals surface area contributed by atoms with Crippen LogP contribution in [0.3, 0.4) is 0 Å². The van der Waals surface area contributed by atoms with E-state index in [4.69, 9.17) is 0 Å². The van der Waals surface area contributed by atoms with Gasteiger partial charge in [-0.25, -0.2) is 0 Å². The summed E-state index contributed by atoms with van der Waals surface area (Å²) < 4.78 is 40.8. The van der Waals surface area contributed by atoms with Crippen LogP contribution in [0, 0.1) is 11.8 Å². The Morgan fingerprint density at radius 1 is 1.38 bits per heavy atom. The molecule has 0 amide bonds. The number of hydrogen-bond donors (Lipinski definition) is 0. The number of hydrogen-bond acceptors (Lipinski definition) is 2. The molecule has 1 rings (SSSR count). The Hall–Kier alpha value is -0.740. The fraction of sp³-hybridized carbons (Fsp3) is 0.875. The third-order valence-electron chi connectivity index (χ3n) is 2.43. The molecule has 0 aliphatic heterocycles. The first-order valence-electron chi connectivity index (χ1n) is 4.09. The summed E-state index contributed by atoms with van der Waals surface area (Å²) >= 11 is 0. The van der Waals surface area contributed by atoms with Crippen LogP contribution in [-0.2, 0) is 9.53 Å². The minimum Gasteiger partial charge on any atom is -0.469 e. The summed E-state index contributed by atoms with van der Waals surface area (Å²) in [5.41, 5.74) is 0. The van der Waals surface area contributed by atoms with Gasteiger partial charge in [-0.2, -0.15) is 13.2 Å². The van der Waals surface area contributed by atoms with E-state index in [1.165, 1.54) is 7.11 Å². The Morgan fingerprint density at radius 2 is 2.00 bits per heavy atom. The number of ether oxygens (including phenoxy) is 1. The summed E-state index contributed by atoms with van der Waals surface area (Å²) in [6.45, 7) is 0. The number of esters is 1. The maximum atomic E-state index is 12.1. The van der Waals surface area contributed by atoms with E-state index in [0.29, 0.717) is 0 Å². The molecule has 0 unspecified atom stereocenters. The van der Waals surface area contributed by atoms with Crippen molar-refractivity contribution in [3.8, 4) is 0 Å². The SMILES string of the molecule is COC(=O)[C@H]1CC[C@H](C(F)(F)F)C1. The van der Waals surface area contributed by atoms with Crippen molar-refractivity contribution in [1.82, 2.24) is 0 Å². The quantitative estimate of drug-likeness (QED) is 0.600. The summed E-state index contributed by atoms with van der Waals surface area (Å²) in [4.78, 5) is 10.9. The lowest BCUT2D eigenvalue weighted by Crippen LogP contribution is -2.21. The molecule has 0 N–H and O–H groups in total. The number of alkyl halides is 3. The second-order valence-electron chi connectivity index (χ2n) is 3.27. The first-order valence-corrected chi connectivity index (χ1v) is 4.09. The smallest absolute Gasteiger partial charge is 0.391 e. The fourth-order valence-electron chi connectivity index (χ4n) is 1.66. The number of rotatable bonds is 1. The highest BCUT2D eigenvalue weighted by Crippen LogP contribution is 2.41. The maximum absolute atomic E-state index is 12.1. The molecule has 0 aromatic rings. The lowest BCUT2D eigenvalue weighted by Gasteiger charge is -2.13. The molecule has 76 valence electrons. The molecule has 1 saturated carbocycles. The van der Waals surface area contributed by atoms with Crippen LogP contribution in [0.4, 0.5) is 13.2 Å². The molecule has 2 atom stereocenters. The largest absolute Gasteiger partial charge is 0.469 e. The second-order valence-corrected chi connectivity index (χ2v) is 3.27. The van der Waals surface area contributed by atoms with Crippen LogP contribution in [0.2, 0.25) is 0 Å². The topological polar surface area (TPSA) is 26.3 Å². The normalized spacial score (nSPS) is 28.9. The van der Waals surface area contributed by atoms with Crippen molar-refractivity contribution < 1.29 is 22.7 Å². The molecule has 0 spiro atoms. The van der Waals surface area contributed by atoms with Crippen LogP contribution in [-0.4, -0.2) is 19.3 Å². The first kappa shape index (κ1) is 10.3. The standard InChI is InChI=1S/C8H11F3O2/c1-13-7(12)5-2-3-6(4-5)8(9,10)11/h5-6H,2-4H2,1H3/t5-,6-/m0/s1. The summed E-state index contributed by atoms with van der Waals surface area (Å²) in [7, 11) is 1.20. The molecule has 0 heterocycles. The summed E-state index contributed by atoms with van der Waals surface area (Å²) in [6.07, 6.45) is -3.95. The van der Waals surface area contributed by atoms with Gasteiger partial charge in [0, 0.05) is 0 Å². The van der Waals surface area contributed by atoms with E-state index in [2.05, 4.69) is 4.74 Å². The van der Waals surface area contributed by atoms with Gasteiger partial charge in [-0.3, -0.25) is 4.79 Å². The van der Waals surface area contributed by atoms with Crippen molar-refractivity contribution in [2.24, 2.45) is 11.8 Å². The Balaban J connectivity index is 2.50. The third-order valence-corrected chi connectivity index (χ3v) is 2.43. The molecule has 0 bridgehead atoms. The minimum atomic E-state index is -4.16. The van der Waals surface area contributed by atoms with Gasteiger partial charge in [0.05, 0.1) is 18.9 Å². The molecule has 13 heavy (non-hydrogen) atoms. The molecule has 0 aromatic heterocycles. The number of carbonyl (C=O) groups excluding carboxylic acids is 1. The number of halogens is 3. The number of carbonyl (C=O) groups is 1. The summed E-state index contributed by atoms with van der Waals surface area (Å²) in [5.74, 6) is -2.40. The molecule has 0 aromatic carbocycles. The zero-order valence-corrected chi connectivity index (χ0v) is 7.23. The Kier molecular flexibility index (Phi) is 2.83. The van der Waals surface area contributed by atoms with Crippen LogP contribution in [0.5, 0.6) is 0 Å². The van der Waals surface area contributed by atoms with Gasteiger partial charge in [0.1, 0.15) is 0 Å². The van der Waals surface area contributed by atoms with Crippen LogP contribution in [0.25, 0.3) is 0 Å². The van der Waals surface area contributed by atoms with Gasteiger partial charge in [-0.15, -0.1) is 0 Å². The molecule has 0 radical (unpaired) electrons. The van der Waals surface area contributed by atoms with E-state index in [9.17, 15) is 18.0 Å². The second kappa shape index (κ2) is 3.55. The van der Waals surface area contributed by atoms with Crippen molar-refractivity contribution >= 4 is 5.97 Å². The molecule has 2 nitrogen and oxygen atoms in total. The average molecular weight is 196 g/mol. The zero-order chi connectivity index (χ0) is 10.1. The molecular weight excluding hydrogens is 185 g/mol. The molecule has 5 heteroatoms. The van der Waals surface area contributed by atoms with E-state index in [0.717, 1.165) is 0 Å². The van der Waals surface area contributed by atoms with Crippen LogP contribution in [0.15, 0.2) is 0 Å². The van der Waals surface area contributed by atoms with Gasteiger partial charge in [0.15, 0.2) is 0 Å². The highest BCUT2D eigenvalue weighted by Gasteiger charge is 2.45. The predicted octanol–water partition coefficient (Wildman–Crippen LogP) is 2.14. The van der Waals surface area contributed by atoms with E-state index < -0.39 is 24.0 Å². The van der Waals surface area contributed by atoms with E-state index >= 15 is 0 Å². The van der Waals surface area contributed by atoms with Crippen molar-refractivity contribution in [1.29, 1.82) is 0 Å². The van der Waals surface area contributed by atoms with Crippen LogP contribution >= 0.6 is 0 Å². The third kappa shape index (κ3) is 2.35. The van der Waals surface area contributed by atoms with Gasteiger partial charge in [0.25, 0.3) is 0 Å². The zero-order valence-electron chi connectivity index (χ0n) is 7.23. The van der Waals surface area contributed by atoms with Gasteiger partial charge in [-0.1, -0.05) is 0 Å². The van der Waals surface area contributed by atoms with Crippen molar-refractivity contribution in [2.45, 2.75) is 25.4 Å². The molecule has 1 fully saturated rings. The fourth-order valence-corrected chi connectivity index (χ4v) is 1.66. The maximum Gasteiger partial charge on any atom is 0.391 e. The Labute approximate surface area is 74.1 Å². The molecular formula is C8H11F3O2. The van der Waals surface area contributed by atoms with E-state index in [1.807, 2.05) is 0 Å². The van der Waals surface area contributed by atoms with Crippen molar-refractivity contribution in [3.05, 3.63) is 0 Å².